The fraction of sp³-hybridized carbons (Fsp3) is 0.400. The van der Waals surface area contributed by atoms with Gasteiger partial charge in [-0.15, -0.1) is 0 Å². The van der Waals surface area contributed by atoms with Gasteiger partial charge < -0.3 is 0 Å². The van der Waals surface area contributed by atoms with Gasteiger partial charge in [0.25, 0.3) is 0 Å². The van der Waals surface area contributed by atoms with E-state index in [1.165, 1.54) is 18.0 Å². The number of rotatable bonds is 3. The molecule has 0 atom stereocenters. The van der Waals surface area contributed by atoms with Gasteiger partial charge in [-0.2, -0.15) is 0 Å². The average molecular weight is 163 g/mol. The molecule has 0 saturated carbocycles. The van der Waals surface area contributed by atoms with Crippen molar-refractivity contribution in [3.63, 3.8) is 0 Å². The Morgan fingerprint density at radius 3 is 2.27 bits per heavy atom. The largest absolute Gasteiger partial charge is 0.308 e. The molecule has 0 bridgehead atoms. The van der Waals surface area contributed by atoms with E-state index in [2.05, 4.69) is 43.4 Å². The molecule has 0 aliphatic rings. The summed E-state index contributed by atoms with van der Waals surface area (Å²) >= 11 is 0. The fourth-order valence-corrected chi connectivity index (χ4v) is 1.83. The predicted octanol–water partition coefficient (Wildman–Crippen LogP) is 2.98. The van der Waals surface area contributed by atoms with Gasteiger partial charge in [-0.05, 0) is 12.0 Å². The van der Waals surface area contributed by atoms with Crippen LogP contribution in [0.5, 0.6) is 0 Å². The van der Waals surface area contributed by atoms with E-state index in [0.717, 1.165) is 0 Å². The highest BCUT2D eigenvalue weighted by Gasteiger charge is 2.09. The second kappa shape index (κ2) is 4.34. The summed E-state index contributed by atoms with van der Waals surface area (Å²) in [5.41, 5.74) is 1.48. The van der Waals surface area contributed by atoms with Gasteiger partial charge in [-0.3, -0.25) is 0 Å². The quantitative estimate of drug-likeness (QED) is 0.601. The zero-order valence-corrected chi connectivity index (χ0v) is 8.30. The third-order valence-corrected chi connectivity index (χ3v) is 3.01. The molecule has 0 heterocycles. The Kier molecular flexibility index (Phi) is 3.37. The molecule has 0 nitrogen and oxygen atoms in total. The molecule has 58 valence electrons. The van der Waals surface area contributed by atoms with Crippen molar-refractivity contribution in [2.45, 2.75) is 25.6 Å². The Hall–Kier alpha value is -0.563. The Bertz CT molecular complexity index is 191. The monoisotopic (exact) mass is 163 g/mol. The van der Waals surface area contributed by atoms with Crippen LogP contribution < -0.4 is 0 Å². The molecule has 0 amide bonds. The van der Waals surface area contributed by atoms with Crippen molar-refractivity contribution in [1.29, 1.82) is 0 Å². The molecule has 0 N–H and O–H groups in total. The van der Waals surface area contributed by atoms with Crippen LogP contribution in [0.1, 0.15) is 5.56 Å². The lowest BCUT2D eigenvalue weighted by molar-refractivity contribution is 1.11. The summed E-state index contributed by atoms with van der Waals surface area (Å²) in [4.78, 5) is 0. The van der Waals surface area contributed by atoms with E-state index in [0.29, 0.717) is 0 Å². The highest BCUT2D eigenvalue weighted by molar-refractivity contribution is 6.55. The van der Waals surface area contributed by atoms with E-state index in [1.807, 2.05) is 0 Å². The maximum atomic E-state index is 2.37. The first-order valence-corrected chi connectivity index (χ1v) is 6.82. The third-order valence-electron chi connectivity index (χ3n) is 1.76. The van der Waals surface area contributed by atoms with Crippen molar-refractivity contribution in [1.82, 2.24) is 0 Å². The molecule has 1 rings (SSSR count). The summed E-state index contributed by atoms with van der Waals surface area (Å²) in [5, 5.41) is 0. The predicted molar refractivity (Wildman–Crippen MR) is 52.4 cm³/mol. The molecule has 1 aromatic carbocycles. The Morgan fingerprint density at radius 1 is 1.09 bits per heavy atom. The molecular weight excluding hydrogens is 148 g/mol. The van der Waals surface area contributed by atoms with E-state index < -0.39 is 0 Å². The molecule has 0 radical (unpaired) electrons. The zero-order valence-electron chi connectivity index (χ0n) is 7.30. The molecule has 1 aromatic rings. The van der Waals surface area contributed by atoms with Crippen LogP contribution in [0.25, 0.3) is 0 Å². The lowest BCUT2D eigenvalue weighted by atomic mass is 10.2. The van der Waals surface area contributed by atoms with Crippen LogP contribution in [-0.2, 0) is 6.42 Å². The SMILES string of the molecule is C[Si+](C)CCc1ccccc1. The first kappa shape index (κ1) is 8.53. The van der Waals surface area contributed by atoms with E-state index in [4.69, 9.17) is 0 Å². The van der Waals surface area contributed by atoms with Crippen molar-refractivity contribution >= 4 is 8.80 Å². The molecular formula is C10H15Si+. The van der Waals surface area contributed by atoms with Crippen LogP contribution >= 0.6 is 0 Å². The highest BCUT2D eigenvalue weighted by Crippen LogP contribution is 2.04. The molecule has 0 saturated heterocycles. The van der Waals surface area contributed by atoms with Crippen LogP contribution in [0.2, 0.25) is 19.1 Å². The minimum atomic E-state index is -0.0322. The Labute approximate surface area is 70.9 Å². The smallest absolute Gasteiger partial charge is 0.0622 e. The molecule has 0 spiro atoms. The van der Waals surface area contributed by atoms with Gasteiger partial charge in [-0.25, -0.2) is 0 Å². The van der Waals surface area contributed by atoms with Gasteiger partial charge in [0.15, 0.2) is 0 Å². The summed E-state index contributed by atoms with van der Waals surface area (Å²) in [6.07, 6.45) is 1.27. The van der Waals surface area contributed by atoms with Crippen LogP contribution in [-0.4, -0.2) is 8.80 Å². The van der Waals surface area contributed by atoms with E-state index >= 15 is 0 Å². The van der Waals surface area contributed by atoms with Crippen LogP contribution in [0, 0.1) is 0 Å². The van der Waals surface area contributed by atoms with Crippen LogP contribution in [0.4, 0.5) is 0 Å². The summed E-state index contributed by atoms with van der Waals surface area (Å²) in [7, 11) is -0.0322. The second-order valence-corrected chi connectivity index (χ2v) is 6.11. The van der Waals surface area contributed by atoms with Gasteiger partial charge in [0.1, 0.15) is 0 Å². The lowest BCUT2D eigenvalue weighted by Crippen LogP contribution is -2.00. The molecule has 0 aliphatic carbocycles. The number of hydrogen-bond donors (Lipinski definition) is 0. The molecule has 1 heteroatoms. The maximum absolute atomic E-state index is 2.37. The summed E-state index contributed by atoms with van der Waals surface area (Å²) < 4.78 is 0. The van der Waals surface area contributed by atoms with Crippen LogP contribution in [0.15, 0.2) is 30.3 Å². The van der Waals surface area contributed by atoms with Gasteiger partial charge in [0.2, 0.25) is 0 Å². The van der Waals surface area contributed by atoms with E-state index in [9.17, 15) is 0 Å². The topological polar surface area (TPSA) is 0 Å². The summed E-state index contributed by atoms with van der Waals surface area (Å²) in [6, 6.07) is 12.1. The molecule has 0 fully saturated rings. The number of hydrogen-bond acceptors (Lipinski definition) is 0. The molecule has 0 unspecified atom stereocenters. The third kappa shape index (κ3) is 3.37. The second-order valence-electron chi connectivity index (χ2n) is 3.19. The van der Waals surface area contributed by atoms with Gasteiger partial charge >= 0.3 is 8.80 Å². The van der Waals surface area contributed by atoms with Crippen LogP contribution in [0.3, 0.4) is 0 Å². The normalized spacial score (nSPS) is 9.64. The van der Waals surface area contributed by atoms with Gasteiger partial charge in [-0.1, -0.05) is 30.3 Å². The fourth-order valence-electron chi connectivity index (χ4n) is 1.04. The van der Waals surface area contributed by atoms with Crippen molar-refractivity contribution in [2.75, 3.05) is 0 Å². The standard InChI is InChI=1S/C10H15Si/c1-11(2)9-8-10-6-4-3-5-7-10/h3-7H,8-9H2,1-2H3/q+1. The number of benzene rings is 1. The highest BCUT2D eigenvalue weighted by atomic mass is 28.3. The summed E-state index contributed by atoms with van der Waals surface area (Å²) in [6.45, 7) is 4.74. The van der Waals surface area contributed by atoms with Gasteiger partial charge in [0, 0.05) is 0 Å². The Morgan fingerprint density at radius 2 is 1.73 bits per heavy atom. The molecule has 11 heavy (non-hydrogen) atoms. The number of aryl methyl sites for hydroxylation is 1. The minimum absolute atomic E-state index is 0.0322. The maximum Gasteiger partial charge on any atom is 0.308 e. The zero-order chi connectivity index (χ0) is 8.10. The van der Waals surface area contributed by atoms with Crippen molar-refractivity contribution in [3.05, 3.63) is 35.9 Å². The summed E-state index contributed by atoms with van der Waals surface area (Å²) in [5.74, 6) is 0. The van der Waals surface area contributed by atoms with Gasteiger partial charge in [0.05, 0.1) is 19.1 Å². The Balaban J connectivity index is 2.39. The minimum Gasteiger partial charge on any atom is -0.0622 e. The molecule has 0 aromatic heterocycles. The average Bonchev–Trinajstić information content (AvgIpc) is 2.03. The van der Waals surface area contributed by atoms with Crippen molar-refractivity contribution < 1.29 is 0 Å². The lowest BCUT2D eigenvalue weighted by Gasteiger charge is -1.94. The first-order valence-electron chi connectivity index (χ1n) is 4.12. The van der Waals surface area contributed by atoms with E-state index in [1.54, 1.807) is 0 Å². The molecule has 0 aliphatic heterocycles. The van der Waals surface area contributed by atoms with E-state index in [-0.39, 0.29) is 8.80 Å². The first-order chi connectivity index (χ1) is 5.29. The van der Waals surface area contributed by atoms with Crippen molar-refractivity contribution in [2.24, 2.45) is 0 Å². The van der Waals surface area contributed by atoms with Crippen molar-refractivity contribution in [3.8, 4) is 0 Å².